The topological polar surface area (TPSA) is 93.7 Å². The Labute approximate surface area is 226 Å². The van der Waals surface area contributed by atoms with Gasteiger partial charge in [-0.1, -0.05) is 42.8 Å². The van der Waals surface area contributed by atoms with Gasteiger partial charge in [0.15, 0.2) is 0 Å². The van der Waals surface area contributed by atoms with Gasteiger partial charge in [-0.25, -0.2) is 9.97 Å². The Morgan fingerprint density at radius 1 is 1.16 bits per heavy atom. The smallest absolute Gasteiger partial charge is 0.246 e. The molecule has 3 aromatic rings. The highest BCUT2D eigenvalue weighted by Gasteiger charge is 2.36. The molecule has 2 atom stereocenters. The molecule has 1 N–H and O–H groups in total. The highest BCUT2D eigenvalue weighted by Crippen LogP contribution is 2.46. The van der Waals surface area contributed by atoms with Crippen molar-refractivity contribution in [3.8, 4) is 22.6 Å². The Morgan fingerprint density at radius 2 is 1.81 bits per heavy atom. The van der Waals surface area contributed by atoms with Gasteiger partial charge in [0.05, 0.1) is 29.8 Å². The van der Waals surface area contributed by atoms with Gasteiger partial charge in [-0.15, -0.1) is 0 Å². The highest BCUT2D eigenvalue weighted by atomic mass is 35.5. The molecule has 10 heteroatoms. The molecule has 37 heavy (non-hydrogen) atoms. The normalized spacial score (nSPS) is 16.6. The molecule has 1 saturated heterocycles. The lowest BCUT2D eigenvalue weighted by atomic mass is 10.0. The van der Waals surface area contributed by atoms with E-state index in [1.807, 2.05) is 32.0 Å². The van der Waals surface area contributed by atoms with Gasteiger partial charge >= 0.3 is 0 Å². The minimum atomic E-state index is -0.319. The summed E-state index contributed by atoms with van der Waals surface area (Å²) < 4.78 is 10.6. The number of ether oxygens (including phenoxy) is 2. The highest BCUT2D eigenvalue weighted by molar-refractivity contribution is 6.41. The zero-order chi connectivity index (χ0) is 27.3. The maximum absolute atomic E-state index is 11.5. The van der Waals surface area contributed by atoms with Crippen molar-refractivity contribution in [3.63, 3.8) is 0 Å². The average molecular weight is 545 g/mol. The van der Waals surface area contributed by atoms with Crippen molar-refractivity contribution in [2.75, 3.05) is 27.8 Å². The van der Waals surface area contributed by atoms with E-state index in [1.165, 1.54) is 6.08 Å². The second-order valence-corrected chi connectivity index (χ2v) is 9.40. The summed E-state index contributed by atoms with van der Waals surface area (Å²) in [7, 11) is 4.69. The van der Waals surface area contributed by atoms with Crippen LogP contribution in [0.2, 0.25) is 10.0 Å². The summed E-state index contributed by atoms with van der Waals surface area (Å²) in [6.07, 6.45) is 3.77. The number of aromatic nitrogens is 2. The maximum atomic E-state index is 11.5. The second-order valence-electron chi connectivity index (χ2n) is 8.64. The summed E-state index contributed by atoms with van der Waals surface area (Å²) in [5.74, 6) is 1.85. The lowest BCUT2D eigenvalue weighted by molar-refractivity contribution is -0.134. The molecular weight excluding hydrogens is 515 g/mol. The summed E-state index contributed by atoms with van der Waals surface area (Å²) in [5, 5.41) is 4.35. The van der Waals surface area contributed by atoms with Crippen LogP contribution in [0, 0.1) is 12.8 Å². The predicted molar refractivity (Wildman–Crippen MR) is 146 cm³/mol. The first-order chi connectivity index (χ1) is 17.6. The number of hydrogen-bond acceptors (Lipinski definition) is 6. The van der Waals surface area contributed by atoms with Gasteiger partial charge in [0.25, 0.3) is 0 Å². The number of benzene rings is 2. The number of carbonyl (C=O) groups is 2. The molecule has 1 aromatic heterocycles. The van der Waals surface area contributed by atoms with E-state index >= 15 is 0 Å². The molecule has 4 rings (SSSR count). The Morgan fingerprint density at radius 3 is 2.38 bits per heavy atom. The van der Waals surface area contributed by atoms with Crippen molar-refractivity contribution in [3.05, 3.63) is 59.0 Å². The fourth-order valence-corrected chi connectivity index (χ4v) is 4.96. The molecule has 0 bridgehead atoms. The van der Waals surface area contributed by atoms with Crippen molar-refractivity contribution in [1.82, 2.24) is 20.2 Å². The van der Waals surface area contributed by atoms with Crippen molar-refractivity contribution in [1.29, 1.82) is 0 Å². The van der Waals surface area contributed by atoms with Crippen molar-refractivity contribution < 1.29 is 19.1 Å². The van der Waals surface area contributed by atoms with E-state index in [1.54, 1.807) is 38.4 Å². The Kier molecular flexibility index (Phi) is 9.34. The van der Waals surface area contributed by atoms with Crippen LogP contribution < -0.4 is 14.8 Å². The number of aryl methyl sites for hydroxylation is 1. The Balaban J connectivity index is 0.000000233. The number of halogens is 2. The van der Waals surface area contributed by atoms with E-state index in [2.05, 4.69) is 21.9 Å². The zero-order valence-electron chi connectivity index (χ0n) is 21.5. The van der Waals surface area contributed by atoms with Gasteiger partial charge in [-0.3, -0.25) is 9.59 Å². The van der Waals surface area contributed by atoms with E-state index in [0.717, 1.165) is 28.7 Å². The number of hydrogen-bond donors (Lipinski definition) is 1. The van der Waals surface area contributed by atoms with Crippen LogP contribution in [0.5, 0.6) is 11.5 Å². The quantitative estimate of drug-likeness (QED) is 0.450. The molecule has 1 aliphatic rings. The van der Waals surface area contributed by atoms with Gasteiger partial charge in [-0.2, -0.15) is 0 Å². The SMILES string of the molecule is C=CC(=O)N1C[C@@H](C)CC1C(=O)NC.COc1cc(OC)c(Cl)c(-c2ccc3nc(C)ncc3c2)c1Cl. The van der Waals surface area contributed by atoms with Crippen LogP contribution in [0.3, 0.4) is 0 Å². The van der Waals surface area contributed by atoms with E-state index in [0.29, 0.717) is 39.6 Å². The third-order valence-corrected chi connectivity index (χ3v) is 6.83. The van der Waals surface area contributed by atoms with Crippen molar-refractivity contribution >= 4 is 45.9 Å². The third-order valence-electron chi connectivity index (χ3n) is 6.08. The number of likely N-dealkylation sites (tertiary alicyclic amines) is 1. The Bertz CT molecular complexity index is 1300. The van der Waals surface area contributed by atoms with Gasteiger partial charge < -0.3 is 19.7 Å². The Hall–Kier alpha value is -3.36. The number of rotatable bonds is 5. The lowest BCUT2D eigenvalue weighted by Gasteiger charge is -2.21. The molecule has 1 fully saturated rings. The largest absolute Gasteiger partial charge is 0.495 e. The molecule has 1 aliphatic heterocycles. The monoisotopic (exact) mass is 544 g/mol. The molecular formula is C27H30Cl2N4O4. The van der Waals surface area contributed by atoms with Crippen LogP contribution in [0.1, 0.15) is 19.2 Å². The summed E-state index contributed by atoms with van der Waals surface area (Å²) in [6, 6.07) is 7.13. The number of nitrogens with one attached hydrogen (secondary N) is 1. The number of nitrogens with zero attached hydrogens (tertiary/aromatic N) is 3. The molecule has 2 heterocycles. The van der Waals surface area contributed by atoms with Crippen LogP contribution in [0.4, 0.5) is 0 Å². The van der Waals surface area contributed by atoms with Gasteiger partial charge in [0.2, 0.25) is 11.8 Å². The standard InChI is InChI=1S/C17H14Cl2N2O2.C10H16N2O2/c1-9-20-8-11-6-10(4-5-12(11)21-9)15-16(18)13(22-2)7-14(23-3)17(15)19;1-4-9(13)12-6-7(2)5-8(12)10(14)11-3/h4-8H,1-3H3;4,7-8H,1,5-6H2,2-3H3,(H,11,14)/t;7-,8?/m.0/s1. The summed E-state index contributed by atoms with van der Waals surface area (Å²) in [5.41, 5.74) is 2.37. The van der Waals surface area contributed by atoms with E-state index in [-0.39, 0.29) is 17.9 Å². The number of likely N-dealkylation sites (N-methyl/N-ethyl adjacent to an activating group) is 1. The van der Waals surface area contributed by atoms with E-state index in [9.17, 15) is 9.59 Å². The summed E-state index contributed by atoms with van der Waals surface area (Å²) >= 11 is 12.9. The number of fused-ring (bicyclic) bond motifs is 1. The van der Waals surface area contributed by atoms with Crippen LogP contribution in [0.25, 0.3) is 22.0 Å². The predicted octanol–water partition coefficient (Wildman–Crippen LogP) is 5.08. The fraction of sp³-hybridized carbons (Fsp3) is 0.333. The number of amides is 2. The molecule has 1 unspecified atom stereocenters. The number of methoxy groups -OCH3 is 2. The van der Waals surface area contributed by atoms with Crippen molar-refractivity contribution in [2.45, 2.75) is 26.3 Å². The molecule has 196 valence electrons. The third kappa shape index (κ3) is 6.14. The summed E-state index contributed by atoms with van der Waals surface area (Å²) in [4.78, 5) is 33.1. The average Bonchev–Trinajstić information content (AvgIpc) is 3.30. The van der Waals surface area contributed by atoms with Crippen LogP contribution >= 0.6 is 23.2 Å². The molecule has 2 aromatic carbocycles. The van der Waals surface area contributed by atoms with E-state index in [4.69, 9.17) is 32.7 Å². The maximum Gasteiger partial charge on any atom is 0.246 e. The first-order valence-corrected chi connectivity index (χ1v) is 12.4. The zero-order valence-corrected chi connectivity index (χ0v) is 23.0. The van der Waals surface area contributed by atoms with Crippen LogP contribution in [-0.2, 0) is 9.59 Å². The molecule has 0 aliphatic carbocycles. The van der Waals surface area contributed by atoms with Crippen LogP contribution in [0.15, 0.2) is 43.1 Å². The van der Waals surface area contributed by atoms with Gasteiger partial charge in [0.1, 0.15) is 23.4 Å². The minimum Gasteiger partial charge on any atom is -0.495 e. The summed E-state index contributed by atoms with van der Waals surface area (Å²) in [6.45, 7) is 7.96. The van der Waals surface area contributed by atoms with Crippen molar-refractivity contribution in [2.24, 2.45) is 5.92 Å². The van der Waals surface area contributed by atoms with Gasteiger partial charge in [0, 0.05) is 36.8 Å². The minimum absolute atomic E-state index is 0.0930. The number of carbonyl (C=O) groups excluding carboxylic acids is 2. The van der Waals surface area contributed by atoms with Gasteiger partial charge in [-0.05, 0) is 43.0 Å². The fourth-order valence-electron chi connectivity index (χ4n) is 4.24. The first-order valence-electron chi connectivity index (χ1n) is 11.6. The molecule has 0 spiro atoms. The second kappa shape index (κ2) is 12.3. The molecule has 2 amide bonds. The molecule has 8 nitrogen and oxygen atoms in total. The first kappa shape index (κ1) is 28.2. The lowest BCUT2D eigenvalue weighted by Crippen LogP contribution is -2.44. The van der Waals surface area contributed by atoms with E-state index < -0.39 is 0 Å². The molecule has 0 saturated carbocycles. The van der Waals surface area contributed by atoms with Crippen LogP contribution in [-0.4, -0.2) is 60.5 Å². The molecule has 0 radical (unpaired) electrons.